The van der Waals surface area contributed by atoms with Crippen LogP contribution < -0.4 is 0 Å². The van der Waals surface area contributed by atoms with Gasteiger partial charge in [-0.2, -0.15) is 0 Å². The van der Waals surface area contributed by atoms with Crippen molar-refractivity contribution in [2.45, 2.75) is 18.0 Å². The van der Waals surface area contributed by atoms with Gasteiger partial charge >= 0.3 is 0 Å². The molecular weight excluding hydrogens is 361 g/mol. The van der Waals surface area contributed by atoms with Crippen LogP contribution in [0.5, 0.6) is 0 Å². The van der Waals surface area contributed by atoms with E-state index >= 15 is 0 Å². The van der Waals surface area contributed by atoms with Crippen LogP contribution >= 0.6 is 11.8 Å². The summed E-state index contributed by atoms with van der Waals surface area (Å²) in [5, 5.41) is 0.730. The van der Waals surface area contributed by atoms with Crippen molar-refractivity contribution >= 4 is 17.7 Å². The molecule has 27 heavy (non-hydrogen) atoms. The molecule has 0 aliphatic carbocycles. The summed E-state index contributed by atoms with van der Waals surface area (Å²) >= 11 is 1.42. The first-order valence-electron chi connectivity index (χ1n) is 9.02. The highest BCUT2D eigenvalue weighted by molar-refractivity contribution is 7.99. The molecule has 2 aromatic carbocycles. The number of likely N-dealkylation sites (tertiary alicyclic amines) is 1. The van der Waals surface area contributed by atoms with E-state index in [4.69, 9.17) is 0 Å². The largest absolute Gasteiger partial charge is 0.342 e. The van der Waals surface area contributed by atoms with Crippen LogP contribution in [0, 0.1) is 5.82 Å². The normalized spacial score (nSPS) is 13.9. The van der Waals surface area contributed by atoms with Gasteiger partial charge in [-0.3, -0.25) is 9.36 Å². The number of benzene rings is 2. The maximum Gasteiger partial charge on any atom is 0.233 e. The van der Waals surface area contributed by atoms with Gasteiger partial charge in [0.2, 0.25) is 5.91 Å². The molecule has 1 amide bonds. The van der Waals surface area contributed by atoms with Crippen molar-refractivity contribution in [2.75, 3.05) is 18.8 Å². The molecule has 0 saturated carbocycles. The SMILES string of the molecule is O=C(CSc1ncc(-c2ccccc2)n1-c1ccc(F)cc1)N1CCCC1. The molecule has 1 aliphatic heterocycles. The van der Waals surface area contributed by atoms with Gasteiger partial charge in [-0.1, -0.05) is 42.1 Å². The number of hydrogen-bond acceptors (Lipinski definition) is 3. The fourth-order valence-corrected chi connectivity index (χ4v) is 4.17. The number of thioether (sulfide) groups is 1. The molecule has 2 heterocycles. The van der Waals surface area contributed by atoms with Gasteiger partial charge < -0.3 is 4.90 Å². The molecule has 0 unspecified atom stereocenters. The fraction of sp³-hybridized carbons (Fsp3) is 0.238. The number of aromatic nitrogens is 2. The summed E-state index contributed by atoms with van der Waals surface area (Å²) in [5.74, 6) is 0.220. The van der Waals surface area contributed by atoms with Gasteiger partial charge in [-0.05, 0) is 37.1 Å². The van der Waals surface area contributed by atoms with E-state index in [1.807, 2.05) is 39.8 Å². The maximum atomic E-state index is 13.4. The van der Waals surface area contributed by atoms with Crippen LogP contribution in [-0.2, 0) is 4.79 Å². The van der Waals surface area contributed by atoms with E-state index < -0.39 is 0 Å². The molecule has 0 N–H and O–H groups in total. The van der Waals surface area contributed by atoms with Crippen LogP contribution in [0.2, 0.25) is 0 Å². The van der Waals surface area contributed by atoms with Crippen molar-refractivity contribution in [2.24, 2.45) is 0 Å². The van der Waals surface area contributed by atoms with Gasteiger partial charge in [0.05, 0.1) is 17.6 Å². The number of carbonyl (C=O) groups excluding carboxylic acids is 1. The highest BCUT2D eigenvalue weighted by Gasteiger charge is 2.20. The van der Waals surface area contributed by atoms with Crippen molar-refractivity contribution in [1.82, 2.24) is 14.5 Å². The van der Waals surface area contributed by atoms with Gasteiger partial charge in [0.1, 0.15) is 5.82 Å². The van der Waals surface area contributed by atoms with E-state index in [0.717, 1.165) is 48.0 Å². The number of hydrogen-bond donors (Lipinski definition) is 0. The van der Waals surface area contributed by atoms with Gasteiger partial charge in [0, 0.05) is 24.3 Å². The van der Waals surface area contributed by atoms with Crippen molar-refractivity contribution < 1.29 is 9.18 Å². The quantitative estimate of drug-likeness (QED) is 0.615. The molecule has 0 spiro atoms. The smallest absolute Gasteiger partial charge is 0.233 e. The van der Waals surface area contributed by atoms with Crippen LogP contribution in [0.1, 0.15) is 12.8 Å². The average molecular weight is 381 g/mol. The number of carbonyl (C=O) groups is 1. The zero-order chi connectivity index (χ0) is 18.6. The Bertz CT molecular complexity index is 918. The molecule has 0 atom stereocenters. The lowest BCUT2D eigenvalue weighted by Crippen LogP contribution is -2.29. The van der Waals surface area contributed by atoms with Crippen LogP contribution in [-0.4, -0.2) is 39.2 Å². The highest BCUT2D eigenvalue weighted by Crippen LogP contribution is 2.30. The van der Waals surface area contributed by atoms with Crippen molar-refractivity contribution in [3.05, 3.63) is 66.6 Å². The standard InChI is InChI=1S/C21H20FN3OS/c22-17-8-10-18(11-9-17)25-19(16-6-2-1-3-7-16)14-23-21(25)27-15-20(26)24-12-4-5-13-24/h1-3,6-11,14H,4-5,12-13,15H2. The highest BCUT2D eigenvalue weighted by atomic mass is 32.2. The van der Waals surface area contributed by atoms with E-state index in [1.54, 1.807) is 18.3 Å². The first-order chi connectivity index (χ1) is 13.2. The van der Waals surface area contributed by atoms with E-state index in [1.165, 1.54) is 23.9 Å². The zero-order valence-corrected chi connectivity index (χ0v) is 15.7. The lowest BCUT2D eigenvalue weighted by Gasteiger charge is -2.15. The Morgan fingerprint density at radius 3 is 2.44 bits per heavy atom. The zero-order valence-electron chi connectivity index (χ0n) is 14.8. The second kappa shape index (κ2) is 7.96. The minimum atomic E-state index is -0.279. The third kappa shape index (κ3) is 3.90. The van der Waals surface area contributed by atoms with Gasteiger partial charge in [-0.25, -0.2) is 9.37 Å². The fourth-order valence-electron chi connectivity index (χ4n) is 3.27. The Hall–Kier alpha value is -2.60. The van der Waals surface area contributed by atoms with Gasteiger partial charge in [-0.15, -0.1) is 0 Å². The summed E-state index contributed by atoms with van der Waals surface area (Å²) in [5.41, 5.74) is 2.76. The molecular formula is C21H20FN3OS. The molecule has 0 radical (unpaired) electrons. The van der Waals surface area contributed by atoms with Crippen molar-refractivity contribution in [1.29, 1.82) is 0 Å². The molecule has 0 bridgehead atoms. The third-order valence-electron chi connectivity index (χ3n) is 4.67. The summed E-state index contributed by atoms with van der Waals surface area (Å²) in [6, 6.07) is 16.3. The molecule has 1 fully saturated rings. The van der Waals surface area contributed by atoms with E-state index in [0.29, 0.717) is 5.75 Å². The minimum absolute atomic E-state index is 0.146. The Balaban J connectivity index is 1.65. The predicted octanol–water partition coefficient (Wildman–Crippen LogP) is 4.39. The monoisotopic (exact) mass is 381 g/mol. The molecule has 4 nitrogen and oxygen atoms in total. The van der Waals surface area contributed by atoms with Crippen LogP contribution in [0.25, 0.3) is 16.9 Å². The Morgan fingerprint density at radius 1 is 1.04 bits per heavy atom. The molecule has 138 valence electrons. The molecule has 1 aliphatic rings. The number of nitrogens with zero attached hydrogens (tertiary/aromatic N) is 3. The Kier molecular flexibility index (Phi) is 5.25. The molecule has 6 heteroatoms. The first-order valence-corrected chi connectivity index (χ1v) is 10.0. The molecule has 1 aromatic heterocycles. The maximum absolute atomic E-state index is 13.4. The van der Waals surface area contributed by atoms with Crippen LogP contribution in [0.15, 0.2) is 66.0 Å². The van der Waals surface area contributed by atoms with E-state index in [2.05, 4.69) is 4.98 Å². The molecule has 1 saturated heterocycles. The summed E-state index contributed by atoms with van der Waals surface area (Å²) in [6.07, 6.45) is 3.97. The number of amides is 1. The summed E-state index contributed by atoms with van der Waals surface area (Å²) in [7, 11) is 0. The number of rotatable bonds is 5. The van der Waals surface area contributed by atoms with Gasteiger partial charge in [0.25, 0.3) is 0 Å². The minimum Gasteiger partial charge on any atom is -0.342 e. The lowest BCUT2D eigenvalue weighted by atomic mass is 10.1. The third-order valence-corrected chi connectivity index (χ3v) is 5.60. The van der Waals surface area contributed by atoms with Crippen LogP contribution in [0.3, 0.4) is 0 Å². The second-order valence-electron chi connectivity index (χ2n) is 6.48. The lowest BCUT2D eigenvalue weighted by molar-refractivity contribution is -0.127. The summed E-state index contributed by atoms with van der Waals surface area (Å²) < 4.78 is 15.4. The van der Waals surface area contributed by atoms with Crippen molar-refractivity contribution in [3.8, 4) is 16.9 Å². The Morgan fingerprint density at radius 2 is 1.74 bits per heavy atom. The van der Waals surface area contributed by atoms with E-state index in [-0.39, 0.29) is 11.7 Å². The predicted molar refractivity (Wildman–Crippen MR) is 105 cm³/mol. The van der Waals surface area contributed by atoms with Gasteiger partial charge in [0.15, 0.2) is 5.16 Å². The van der Waals surface area contributed by atoms with Crippen molar-refractivity contribution in [3.63, 3.8) is 0 Å². The van der Waals surface area contributed by atoms with E-state index in [9.17, 15) is 9.18 Å². The summed E-state index contributed by atoms with van der Waals surface area (Å²) in [6.45, 7) is 1.70. The number of imidazole rings is 1. The number of halogens is 1. The van der Waals surface area contributed by atoms with Crippen LogP contribution in [0.4, 0.5) is 4.39 Å². The topological polar surface area (TPSA) is 38.1 Å². The molecule has 4 rings (SSSR count). The Labute approximate surface area is 162 Å². The second-order valence-corrected chi connectivity index (χ2v) is 7.42. The summed E-state index contributed by atoms with van der Waals surface area (Å²) in [4.78, 5) is 18.9. The molecule has 3 aromatic rings. The average Bonchev–Trinajstić information content (AvgIpc) is 3.38. The first kappa shape index (κ1) is 17.8.